The highest BCUT2D eigenvalue weighted by Gasteiger charge is 2.29. The van der Waals surface area contributed by atoms with Crippen molar-refractivity contribution in [2.24, 2.45) is 5.92 Å². The van der Waals surface area contributed by atoms with Crippen molar-refractivity contribution in [3.8, 4) is 0 Å². The number of hydrogen-bond acceptors (Lipinski definition) is 3. The van der Waals surface area contributed by atoms with E-state index in [9.17, 15) is 13.2 Å². The Morgan fingerprint density at radius 2 is 1.74 bits per heavy atom. The minimum atomic E-state index is -3.34. The van der Waals surface area contributed by atoms with Gasteiger partial charge in [-0.2, -0.15) is 4.31 Å². The van der Waals surface area contributed by atoms with E-state index in [0.717, 1.165) is 11.1 Å². The predicted octanol–water partition coefficient (Wildman–Crippen LogP) is 2.02. The van der Waals surface area contributed by atoms with Crippen LogP contribution >= 0.6 is 0 Å². The van der Waals surface area contributed by atoms with Crippen LogP contribution in [-0.2, 0) is 20.6 Å². The molecule has 1 aliphatic heterocycles. The Morgan fingerprint density at radius 1 is 1.13 bits per heavy atom. The fourth-order valence-electron chi connectivity index (χ4n) is 2.75. The van der Waals surface area contributed by atoms with Crippen LogP contribution in [0.1, 0.15) is 31.4 Å². The van der Waals surface area contributed by atoms with E-state index in [-0.39, 0.29) is 11.7 Å². The van der Waals surface area contributed by atoms with Gasteiger partial charge in [0.1, 0.15) is 0 Å². The standard InChI is InChI=1S/C17H26N2O3S/c1-14(2)12-17(20)18-8-10-19(11-9-18)23(21,22)13-16-7-5-4-6-15(16)3/h4-7,14H,8-13H2,1-3H3. The molecule has 2 rings (SSSR count). The Labute approximate surface area is 139 Å². The maximum atomic E-state index is 12.6. The highest BCUT2D eigenvalue weighted by molar-refractivity contribution is 7.88. The van der Waals surface area contributed by atoms with Crippen LogP contribution in [0.5, 0.6) is 0 Å². The van der Waals surface area contributed by atoms with E-state index in [4.69, 9.17) is 0 Å². The molecule has 0 saturated carbocycles. The molecule has 23 heavy (non-hydrogen) atoms. The van der Waals surface area contributed by atoms with E-state index in [1.165, 1.54) is 4.31 Å². The lowest BCUT2D eigenvalue weighted by molar-refractivity contribution is -0.133. The molecule has 1 aliphatic rings. The zero-order chi connectivity index (χ0) is 17.0. The molecular weight excluding hydrogens is 312 g/mol. The van der Waals surface area contributed by atoms with Gasteiger partial charge in [-0.1, -0.05) is 38.1 Å². The lowest BCUT2D eigenvalue weighted by Gasteiger charge is -2.34. The molecule has 0 atom stereocenters. The quantitative estimate of drug-likeness (QED) is 0.825. The van der Waals surface area contributed by atoms with Gasteiger partial charge in [0.05, 0.1) is 5.75 Å². The Bertz CT molecular complexity index is 648. The normalized spacial score (nSPS) is 16.8. The van der Waals surface area contributed by atoms with Crippen molar-refractivity contribution in [2.45, 2.75) is 32.9 Å². The molecular formula is C17H26N2O3S. The van der Waals surface area contributed by atoms with Crippen LogP contribution in [-0.4, -0.2) is 49.7 Å². The molecule has 128 valence electrons. The lowest BCUT2D eigenvalue weighted by Crippen LogP contribution is -2.50. The fourth-order valence-corrected chi connectivity index (χ4v) is 4.37. The number of piperazine rings is 1. The summed E-state index contributed by atoms with van der Waals surface area (Å²) >= 11 is 0. The van der Waals surface area contributed by atoms with Crippen molar-refractivity contribution < 1.29 is 13.2 Å². The second kappa shape index (κ2) is 7.45. The molecule has 0 spiro atoms. The molecule has 0 bridgehead atoms. The second-order valence-electron chi connectivity index (χ2n) is 6.56. The first-order valence-corrected chi connectivity index (χ1v) is 9.70. The monoisotopic (exact) mass is 338 g/mol. The zero-order valence-electron chi connectivity index (χ0n) is 14.2. The molecule has 1 heterocycles. The fraction of sp³-hybridized carbons (Fsp3) is 0.588. The molecule has 1 amide bonds. The topological polar surface area (TPSA) is 57.7 Å². The van der Waals surface area contributed by atoms with Gasteiger partial charge in [-0.3, -0.25) is 4.79 Å². The van der Waals surface area contributed by atoms with Crippen LogP contribution in [0.4, 0.5) is 0 Å². The Balaban J connectivity index is 1.96. The molecule has 1 fully saturated rings. The number of benzene rings is 1. The number of aryl methyl sites for hydroxylation is 1. The summed E-state index contributed by atoms with van der Waals surface area (Å²) in [5.41, 5.74) is 1.83. The van der Waals surface area contributed by atoms with E-state index in [1.807, 2.05) is 45.0 Å². The molecule has 5 nitrogen and oxygen atoms in total. The van der Waals surface area contributed by atoms with Gasteiger partial charge in [0.2, 0.25) is 15.9 Å². The molecule has 1 aromatic carbocycles. The minimum Gasteiger partial charge on any atom is -0.340 e. The van der Waals surface area contributed by atoms with E-state index in [1.54, 1.807) is 4.90 Å². The van der Waals surface area contributed by atoms with Crippen molar-refractivity contribution in [1.82, 2.24) is 9.21 Å². The SMILES string of the molecule is Cc1ccccc1CS(=O)(=O)N1CCN(C(=O)CC(C)C)CC1. The van der Waals surface area contributed by atoms with Gasteiger partial charge >= 0.3 is 0 Å². The molecule has 0 aliphatic carbocycles. The van der Waals surface area contributed by atoms with E-state index in [2.05, 4.69) is 0 Å². The summed E-state index contributed by atoms with van der Waals surface area (Å²) in [6.07, 6.45) is 0.524. The van der Waals surface area contributed by atoms with Gasteiger partial charge in [0, 0.05) is 32.6 Å². The first kappa shape index (κ1) is 17.9. The van der Waals surface area contributed by atoms with Crippen LogP contribution in [0.15, 0.2) is 24.3 Å². The van der Waals surface area contributed by atoms with Crippen LogP contribution in [0, 0.1) is 12.8 Å². The molecule has 0 radical (unpaired) electrons. The number of sulfonamides is 1. The largest absolute Gasteiger partial charge is 0.340 e. The van der Waals surface area contributed by atoms with Crippen LogP contribution in [0.2, 0.25) is 0 Å². The first-order chi connectivity index (χ1) is 10.8. The number of nitrogens with zero attached hydrogens (tertiary/aromatic N) is 2. The van der Waals surface area contributed by atoms with Crippen molar-refractivity contribution in [1.29, 1.82) is 0 Å². The Morgan fingerprint density at radius 3 is 2.30 bits per heavy atom. The summed E-state index contributed by atoms with van der Waals surface area (Å²) in [5.74, 6) is 0.473. The highest BCUT2D eigenvalue weighted by Crippen LogP contribution is 2.17. The van der Waals surface area contributed by atoms with E-state index in [0.29, 0.717) is 38.5 Å². The maximum Gasteiger partial charge on any atom is 0.222 e. The van der Waals surface area contributed by atoms with Crippen LogP contribution < -0.4 is 0 Å². The molecule has 0 unspecified atom stereocenters. The van der Waals surface area contributed by atoms with Crippen molar-refractivity contribution in [3.63, 3.8) is 0 Å². The molecule has 0 N–H and O–H groups in total. The van der Waals surface area contributed by atoms with Crippen molar-refractivity contribution in [3.05, 3.63) is 35.4 Å². The van der Waals surface area contributed by atoms with Gasteiger partial charge in [-0.25, -0.2) is 8.42 Å². The predicted molar refractivity (Wildman–Crippen MR) is 91.4 cm³/mol. The number of rotatable bonds is 5. The highest BCUT2D eigenvalue weighted by atomic mass is 32.2. The summed E-state index contributed by atoms with van der Waals surface area (Å²) in [6.45, 7) is 7.70. The number of amides is 1. The summed E-state index contributed by atoms with van der Waals surface area (Å²) < 4.78 is 26.7. The van der Waals surface area contributed by atoms with Gasteiger partial charge < -0.3 is 4.90 Å². The van der Waals surface area contributed by atoms with E-state index < -0.39 is 10.0 Å². The van der Waals surface area contributed by atoms with Gasteiger partial charge in [0.15, 0.2) is 0 Å². The summed E-state index contributed by atoms with van der Waals surface area (Å²) in [7, 11) is -3.34. The average Bonchev–Trinajstić information content (AvgIpc) is 2.49. The van der Waals surface area contributed by atoms with Crippen LogP contribution in [0.3, 0.4) is 0 Å². The second-order valence-corrected chi connectivity index (χ2v) is 8.53. The van der Waals surface area contributed by atoms with Crippen LogP contribution in [0.25, 0.3) is 0 Å². The van der Waals surface area contributed by atoms with Crippen molar-refractivity contribution in [2.75, 3.05) is 26.2 Å². The molecule has 6 heteroatoms. The smallest absolute Gasteiger partial charge is 0.222 e. The summed E-state index contributed by atoms with van der Waals surface area (Å²) in [4.78, 5) is 13.8. The molecule has 1 aromatic rings. The Kier molecular flexibility index (Phi) is 5.81. The third-order valence-corrected chi connectivity index (χ3v) is 5.99. The zero-order valence-corrected chi connectivity index (χ0v) is 15.0. The Hall–Kier alpha value is -1.40. The molecule has 1 saturated heterocycles. The van der Waals surface area contributed by atoms with Gasteiger partial charge in [-0.15, -0.1) is 0 Å². The summed E-state index contributed by atoms with van der Waals surface area (Å²) in [6, 6.07) is 7.55. The number of hydrogen-bond donors (Lipinski definition) is 0. The van der Waals surface area contributed by atoms with Crippen molar-refractivity contribution >= 4 is 15.9 Å². The average molecular weight is 338 g/mol. The number of carbonyl (C=O) groups is 1. The van der Waals surface area contributed by atoms with E-state index >= 15 is 0 Å². The van der Waals surface area contributed by atoms with Gasteiger partial charge in [0.25, 0.3) is 0 Å². The summed E-state index contributed by atoms with van der Waals surface area (Å²) in [5, 5.41) is 0. The third-order valence-electron chi connectivity index (χ3n) is 4.17. The first-order valence-electron chi connectivity index (χ1n) is 8.09. The minimum absolute atomic E-state index is 0.0274. The molecule has 0 aromatic heterocycles. The number of carbonyl (C=O) groups excluding carboxylic acids is 1. The maximum absolute atomic E-state index is 12.6. The van der Waals surface area contributed by atoms with Gasteiger partial charge in [-0.05, 0) is 24.0 Å². The third kappa shape index (κ3) is 4.78. The lowest BCUT2D eigenvalue weighted by atomic mass is 10.1.